The lowest BCUT2D eigenvalue weighted by molar-refractivity contribution is 0.00426. The third-order valence-electron chi connectivity index (χ3n) is 2.15. The third-order valence-corrected chi connectivity index (χ3v) is 2.15. The summed E-state index contributed by atoms with van der Waals surface area (Å²) in [6, 6.07) is 3.83. The molecule has 0 radical (unpaired) electrons. The minimum atomic E-state index is -0.605. The fourth-order valence-corrected chi connectivity index (χ4v) is 1.55. The number of likely N-dealkylation sites (N-methyl/N-ethyl adjacent to an activating group) is 1. The second-order valence-corrected chi connectivity index (χ2v) is 3.87. The molecular formula is C12H17F2NO. The van der Waals surface area contributed by atoms with Crippen molar-refractivity contribution < 1.29 is 13.5 Å². The Labute approximate surface area is 94.6 Å². The zero-order chi connectivity index (χ0) is 12.1. The topological polar surface area (TPSA) is 21.3 Å². The zero-order valence-corrected chi connectivity index (χ0v) is 9.76. The van der Waals surface area contributed by atoms with Crippen molar-refractivity contribution in [1.29, 1.82) is 0 Å². The van der Waals surface area contributed by atoms with Gasteiger partial charge < -0.3 is 10.1 Å². The van der Waals surface area contributed by atoms with Gasteiger partial charge in [0, 0.05) is 6.54 Å². The van der Waals surface area contributed by atoms with Gasteiger partial charge in [-0.1, -0.05) is 6.07 Å². The zero-order valence-electron chi connectivity index (χ0n) is 9.76. The highest BCUT2D eigenvalue weighted by Crippen LogP contribution is 2.24. The highest BCUT2D eigenvalue weighted by Gasteiger charge is 2.21. The van der Waals surface area contributed by atoms with Crippen molar-refractivity contribution in [2.24, 2.45) is 0 Å². The summed E-state index contributed by atoms with van der Waals surface area (Å²) in [4.78, 5) is 0. The normalized spacial score (nSPS) is 13.1. The first kappa shape index (κ1) is 13.1. The predicted molar refractivity (Wildman–Crippen MR) is 59.2 cm³/mol. The molecule has 2 nitrogen and oxygen atoms in total. The summed E-state index contributed by atoms with van der Waals surface area (Å²) in [5, 5.41) is 2.87. The Morgan fingerprint density at radius 3 is 2.25 bits per heavy atom. The predicted octanol–water partition coefficient (Wildman–Crippen LogP) is 2.65. The summed E-state index contributed by atoms with van der Waals surface area (Å²) in [6.45, 7) is 4.04. The van der Waals surface area contributed by atoms with Crippen LogP contribution < -0.4 is 5.32 Å². The second kappa shape index (κ2) is 5.92. The van der Waals surface area contributed by atoms with Gasteiger partial charge in [0.2, 0.25) is 0 Å². The Hall–Kier alpha value is -1.00. The summed E-state index contributed by atoms with van der Waals surface area (Å²) in [6.07, 6.45) is -0.691. The van der Waals surface area contributed by atoms with Gasteiger partial charge in [-0.3, -0.25) is 0 Å². The Bertz CT molecular complexity index is 322. The van der Waals surface area contributed by atoms with Crippen molar-refractivity contribution in [3.8, 4) is 0 Å². The minimum Gasteiger partial charge on any atom is -0.369 e. The fourth-order valence-electron chi connectivity index (χ4n) is 1.55. The largest absolute Gasteiger partial charge is 0.369 e. The van der Waals surface area contributed by atoms with E-state index in [4.69, 9.17) is 4.74 Å². The monoisotopic (exact) mass is 229 g/mol. The molecule has 16 heavy (non-hydrogen) atoms. The molecule has 0 bridgehead atoms. The van der Waals surface area contributed by atoms with Crippen LogP contribution in [0.1, 0.15) is 25.5 Å². The molecule has 90 valence electrons. The van der Waals surface area contributed by atoms with Gasteiger partial charge in [0.15, 0.2) is 0 Å². The number of nitrogens with one attached hydrogen (secondary N) is 1. The van der Waals surface area contributed by atoms with Crippen LogP contribution >= 0.6 is 0 Å². The number of rotatable bonds is 5. The van der Waals surface area contributed by atoms with Gasteiger partial charge in [0.25, 0.3) is 0 Å². The molecular weight excluding hydrogens is 212 g/mol. The van der Waals surface area contributed by atoms with E-state index in [1.54, 1.807) is 7.05 Å². The van der Waals surface area contributed by atoms with Crippen molar-refractivity contribution in [2.45, 2.75) is 26.1 Å². The molecule has 1 N–H and O–H groups in total. The highest BCUT2D eigenvalue weighted by atomic mass is 19.1. The summed E-state index contributed by atoms with van der Waals surface area (Å²) in [5.41, 5.74) is -0.00875. The summed E-state index contributed by atoms with van der Waals surface area (Å²) >= 11 is 0. The number of ether oxygens (including phenoxy) is 1. The van der Waals surface area contributed by atoms with Crippen molar-refractivity contribution in [1.82, 2.24) is 5.32 Å². The van der Waals surface area contributed by atoms with Gasteiger partial charge in [-0.25, -0.2) is 8.78 Å². The molecule has 0 aliphatic rings. The molecule has 0 aliphatic carbocycles. The van der Waals surface area contributed by atoms with E-state index >= 15 is 0 Å². The smallest absolute Gasteiger partial charge is 0.132 e. The number of hydrogen-bond donors (Lipinski definition) is 1. The fraction of sp³-hybridized carbons (Fsp3) is 0.500. The molecule has 4 heteroatoms. The minimum absolute atomic E-state index is 0.00875. The first-order valence-corrected chi connectivity index (χ1v) is 5.30. The number of hydrogen-bond acceptors (Lipinski definition) is 2. The molecule has 1 atom stereocenters. The Kier molecular flexibility index (Phi) is 4.83. The molecule has 1 aromatic rings. The van der Waals surface area contributed by atoms with Crippen molar-refractivity contribution in [3.05, 3.63) is 35.4 Å². The maximum atomic E-state index is 13.5. The molecule has 0 unspecified atom stereocenters. The van der Waals surface area contributed by atoms with E-state index in [2.05, 4.69) is 5.32 Å². The Morgan fingerprint density at radius 2 is 1.81 bits per heavy atom. The van der Waals surface area contributed by atoms with E-state index in [1.807, 2.05) is 13.8 Å². The van der Waals surface area contributed by atoms with E-state index < -0.39 is 17.7 Å². The van der Waals surface area contributed by atoms with Gasteiger partial charge >= 0.3 is 0 Å². The quantitative estimate of drug-likeness (QED) is 0.838. The van der Waals surface area contributed by atoms with E-state index in [9.17, 15) is 8.78 Å². The van der Waals surface area contributed by atoms with E-state index in [-0.39, 0.29) is 11.7 Å². The van der Waals surface area contributed by atoms with Gasteiger partial charge in [0.1, 0.15) is 17.7 Å². The maximum absolute atomic E-state index is 13.5. The lowest BCUT2D eigenvalue weighted by Crippen LogP contribution is -2.24. The molecule has 1 rings (SSSR count). The molecule has 0 saturated heterocycles. The van der Waals surface area contributed by atoms with Crippen LogP contribution in [0, 0.1) is 11.6 Å². The van der Waals surface area contributed by atoms with E-state index in [0.717, 1.165) is 0 Å². The van der Waals surface area contributed by atoms with Crippen LogP contribution in [0.5, 0.6) is 0 Å². The molecule has 0 fully saturated rings. The van der Waals surface area contributed by atoms with Gasteiger partial charge in [-0.05, 0) is 33.0 Å². The third kappa shape index (κ3) is 3.25. The van der Waals surface area contributed by atoms with E-state index in [1.165, 1.54) is 18.2 Å². The maximum Gasteiger partial charge on any atom is 0.132 e. The van der Waals surface area contributed by atoms with Gasteiger partial charge in [-0.2, -0.15) is 0 Å². The molecule has 0 aliphatic heterocycles. The Morgan fingerprint density at radius 1 is 1.25 bits per heavy atom. The van der Waals surface area contributed by atoms with Crippen LogP contribution in [0.25, 0.3) is 0 Å². The van der Waals surface area contributed by atoms with E-state index in [0.29, 0.717) is 6.54 Å². The SMILES string of the molecule is CNC[C@H](OC(C)C)c1c(F)cccc1F. The van der Waals surface area contributed by atoms with Crippen LogP contribution in [-0.4, -0.2) is 19.7 Å². The van der Waals surface area contributed by atoms with Crippen LogP contribution in [0.4, 0.5) is 8.78 Å². The lowest BCUT2D eigenvalue weighted by atomic mass is 10.1. The molecule has 0 saturated carbocycles. The Balaban J connectivity index is 3.00. The molecule has 0 aromatic heterocycles. The summed E-state index contributed by atoms with van der Waals surface area (Å²) < 4.78 is 32.5. The molecule has 0 heterocycles. The molecule has 0 spiro atoms. The van der Waals surface area contributed by atoms with Crippen LogP contribution in [0.15, 0.2) is 18.2 Å². The first-order valence-electron chi connectivity index (χ1n) is 5.30. The van der Waals surface area contributed by atoms with Crippen LogP contribution in [-0.2, 0) is 4.74 Å². The highest BCUT2D eigenvalue weighted by molar-refractivity contribution is 5.22. The standard InChI is InChI=1S/C12H17F2NO/c1-8(2)16-11(7-15-3)12-9(13)5-4-6-10(12)14/h4-6,8,11,15H,7H2,1-3H3/t11-/m0/s1. The summed E-state index contributed by atoms with van der Waals surface area (Å²) in [5.74, 6) is -1.14. The summed E-state index contributed by atoms with van der Waals surface area (Å²) in [7, 11) is 1.72. The number of benzene rings is 1. The molecule has 0 amide bonds. The first-order chi connectivity index (χ1) is 7.56. The van der Waals surface area contributed by atoms with Gasteiger partial charge in [0.05, 0.1) is 11.7 Å². The van der Waals surface area contributed by atoms with Gasteiger partial charge in [-0.15, -0.1) is 0 Å². The average Bonchev–Trinajstić information content (AvgIpc) is 2.16. The van der Waals surface area contributed by atoms with Crippen LogP contribution in [0.2, 0.25) is 0 Å². The number of halogens is 2. The second-order valence-electron chi connectivity index (χ2n) is 3.87. The molecule has 1 aromatic carbocycles. The van der Waals surface area contributed by atoms with Crippen molar-refractivity contribution in [3.63, 3.8) is 0 Å². The van der Waals surface area contributed by atoms with Crippen LogP contribution in [0.3, 0.4) is 0 Å². The van der Waals surface area contributed by atoms with Crippen molar-refractivity contribution in [2.75, 3.05) is 13.6 Å². The average molecular weight is 229 g/mol. The van der Waals surface area contributed by atoms with Crippen molar-refractivity contribution >= 4 is 0 Å². The lowest BCUT2D eigenvalue weighted by Gasteiger charge is -2.21.